The lowest BCUT2D eigenvalue weighted by atomic mass is 10.0. The van der Waals surface area contributed by atoms with Crippen molar-refractivity contribution in [2.45, 2.75) is 19.7 Å². The van der Waals surface area contributed by atoms with Crippen LogP contribution in [0, 0.1) is 5.92 Å². The highest BCUT2D eigenvalue weighted by Crippen LogP contribution is 2.24. The number of nitrogens with two attached hydrogens (primary N) is 1. The summed E-state index contributed by atoms with van der Waals surface area (Å²) in [6, 6.07) is 12.0. The van der Waals surface area contributed by atoms with Crippen LogP contribution in [0.1, 0.15) is 18.1 Å². The maximum atomic E-state index is 12.1. The molecule has 0 bridgehead atoms. The second kappa shape index (κ2) is 9.03. The third-order valence-corrected chi connectivity index (χ3v) is 3.69. The fourth-order valence-electron chi connectivity index (χ4n) is 2.22. The number of halogens is 3. The van der Waals surface area contributed by atoms with E-state index in [0.29, 0.717) is 17.7 Å². The number of hydrogen-bond acceptors (Lipinski definition) is 3. The molecule has 6 nitrogen and oxygen atoms in total. The van der Waals surface area contributed by atoms with Crippen molar-refractivity contribution < 1.29 is 27.8 Å². The molecule has 0 amide bonds. The Morgan fingerprint density at radius 1 is 1.18 bits per heavy atom. The number of carboxylic acid groups (broad SMARTS) is 1. The van der Waals surface area contributed by atoms with Gasteiger partial charge in [-0.3, -0.25) is 4.79 Å². The molecule has 0 saturated heterocycles. The van der Waals surface area contributed by atoms with Crippen LogP contribution in [0.5, 0.6) is 5.75 Å². The van der Waals surface area contributed by atoms with E-state index in [2.05, 4.69) is 14.7 Å². The summed E-state index contributed by atoms with van der Waals surface area (Å²) in [6.45, 7) is 1.63. The van der Waals surface area contributed by atoms with Crippen LogP contribution >= 0.6 is 0 Å². The van der Waals surface area contributed by atoms with E-state index in [0.717, 1.165) is 17.7 Å². The summed E-state index contributed by atoms with van der Waals surface area (Å²) in [5, 5.41) is 8.93. The highest BCUT2D eigenvalue weighted by molar-refractivity contribution is 6.01. The van der Waals surface area contributed by atoms with Gasteiger partial charge in [0, 0.05) is 5.56 Å². The number of hydrogen-bond donors (Lipinski definition) is 2. The van der Waals surface area contributed by atoms with E-state index in [4.69, 9.17) is 10.8 Å². The van der Waals surface area contributed by atoms with Crippen LogP contribution in [0.15, 0.2) is 58.5 Å². The standard InChI is InChI=1S/C19H18F3N3O3/c1-12(18(26)27)10-13-2-4-14(5-3-13)17(23)25-11-24-15-6-8-16(9-7-15)28-19(20,21)22/h2-9,11-12H,10H2,1H3,(H,26,27)(H2,23,24,25). The summed E-state index contributed by atoms with van der Waals surface area (Å²) in [5.74, 6) is -1.50. The lowest BCUT2D eigenvalue weighted by Gasteiger charge is -2.08. The molecule has 1 unspecified atom stereocenters. The molecule has 0 radical (unpaired) electrons. The number of carboxylic acids is 1. The molecule has 2 aromatic carbocycles. The monoisotopic (exact) mass is 393 g/mol. The lowest BCUT2D eigenvalue weighted by Crippen LogP contribution is -2.16. The Balaban J connectivity index is 1.98. The van der Waals surface area contributed by atoms with E-state index < -0.39 is 18.2 Å². The zero-order valence-corrected chi connectivity index (χ0v) is 14.8. The number of ether oxygens (including phenoxy) is 1. The quantitative estimate of drug-likeness (QED) is 0.550. The molecule has 0 fully saturated rings. The van der Waals surface area contributed by atoms with Gasteiger partial charge in [-0.15, -0.1) is 13.2 Å². The summed E-state index contributed by atoms with van der Waals surface area (Å²) in [7, 11) is 0. The van der Waals surface area contributed by atoms with E-state index in [-0.39, 0.29) is 11.6 Å². The minimum atomic E-state index is -4.75. The van der Waals surface area contributed by atoms with Gasteiger partial charge in [-0.1, -0.05) is 31.2 Å². The van der Waals surface area contributed by atoms with Crippen molar-refractivity contribution in [2.75, 3.05) is 0 Å². The van der Waals surface area contributed by atoms with Crippen LogP contribution in [0.4, 0.5) is 18.9 Å². The van der Waals surface area contributed by atoms with Crippen LogP contribution in [-0.4, -0.2) is 29.6 Å². The van der Waals surface area contributed by atoms with Gasteiger partial charge in [-0.2, -0.15) is 0 Å². The Morgan fingerprint density at radius 2 is 1.79 bits per heavy atom. The molecule has 0 saturated carbocycles. The molecule has 2 rings (SSSR count). The highest BCUT2D eigenvalue weighted by atomic mass is 19.4. The van der Waals surface area contributed by atoms with E-state index in [1.807, 2.05) is 0 Å². The molecule has 0 spiro atoms. The Labute approximate surface area is 159 Å². The molecule has 1 atom stereocenters. The lowest BCUT2D eigenvalue weighted by molar-refractivity contribution is -0.274. The number of nitrogens with zero attached hydrogens (tertiary/aromatic N) is 2. The first-order chi connectivity index (χ1) is 13.1. The van der Waals surface area contributed by atoms with Gasteiger partial charge in [0.25, 0.3) is 0 Å². The normalized spacial score (nSPS) is 13.5. The second-order valence-corrected chi connectivity index (χ2v) is 5.94. The van der Waals surface area contributed by atoms with Gasteiger partial charge in [0.15, 0.2) is 0 Å². The van der Waals surface area contributed by atoms with E-state index in [1.54, 1.807) is 31.2 Å². The SMILES string of the molecule is CC(Cc1ccc(C(N)=NC=Nc2ccc(OC(F)(F)F)cc2)cc1)C(=O)O. The fourth-order valence-corrected chi connectivity index (χ4v) is 2.22. The molecule has 2 aromatic rings. The van der Waals surface area contributed by atoms with Gasteiger partial charge in [0.1, 0.15) is 17.9 Å². The Morgan fingerprint density at radius 3 is 2.32 bits per heavy atom. The summed E-state index contributed by atoms with van der Waals surface area (Å²) in [4.78, 5) is 18.9. The van der Waals surface area contributed by atoms with Crippen LogP contribution in [0.2, 0.25) is 0 Å². The number of aliphatic imine (C=N–C) groups is 2. The van der Waals surface area contributed by atoms with E-state index >= 15 is 0 Å². The molecule has 3 N–H and O–H groups in total. The maximum absolute atomic E-state index is 12.1. The Bertz CT molecular complexity index is 861. The number of aliphatic carboxylic acids is 1. The molecule has 0 aromatic heterocycles. The molecular weight excluding hydrogens is 375 g/mol. The topological polar surface area (TPSA) is 97.3 Å². The van der Waals surface area contributed by atoms with Gasteiger partial charge in [-0.05, 0) is 36.2 Å². The predicted octanol–water partition coefficient (Wildman–Crippen LogP) is 3.91. The smallest absolute Gasteiger partial charge is 0.481 e. The van der Waals surface area contributed by atoms with Gasteiger partial charge in [0.2, 0.25) is 0 Å². The van der Waals surface area contributed by atoms with Crippen molar-refractivity contribution in [1.82, 2.24) is 0 Å². The minimum Gasteiger partial charge on any atom is -0.481 e. The fraction of sp³-hybridized carbons (Fsp3) is 0.211. The molecule has 28 heavy (non-hydrogen) atoms. The van der Waals surface area contributed by atoms with Gasteiger partial charge in [-0.25, -0.2) is 9.98 Å². The maximum Gasteiger partial charge on any atom is 0.573 e. The molecule has 0 aliphatic rings. The molecule has 148 valence electrons. The average molecular weight is 393 g/mol. The van der Waals surface area contributed by atoms with E-state index in [1.165, 1.54) is 18.5 Å². The molecule has 0 aliphatic carbocycles. The van der Waals surface area contributed by atoms with Crippen LogP contribution in [0.25, 0.3) is 0 Å². The van der Waals surface area contributed by atoms with Crippen molar-refractivity contribution in [1.29, 1.82) is 0 Å². The van der Waals surface area contributed by atoms with Crippen molar-refractivity contribution in [3.05, 3.63) is 59.7 Å². The molecular formula is C19H18F3N3O3. The van der Waals surface area contributed by atoms with Gasteiger partial charge in [0.05, 0.1) is 11.6 Å². The molecule has 0 heterocycles. The third kappa shape index (κ3) is 6.75. The zero-order valence-electron chi connectivity index (χ0n) is 14.8. The number of amidine groups is 1. The van der Waals surface area contributed by atoms with Gasteiger partial charge < -0.3 is 15.6 Å². The summed E-state index contributed by atoms with van der Waals surface area (Å²) < 4.78 is 40.1. The number of rotatable bonds is 7. The first-order valence-corrected chi connectivity index (χ1v) is 8.18. The third-order valence-electron chi connectivity index (χ3n) is 3.69. The van der Waals surface area contributed by atoms with Crippen LogP contribution < -0.4 is 10.5 Å². The highest BCUT2D eigenvalue weighted by Gasteiger charge is 2.30. The van der Waals surface area contributed by atoms with Crippen LogP contribution in [0.3, 0.4) is 0 Å². The molecule has 0 aliphatic heterocycles. The van der Waals surface area contributed by atoms with E-state index in [9.17, 15) is 18.0 Å². The predicted molar refractivity (Wildman–Crippen MR) is 98.9 cm³/mol. The minimum absolute atomic E-state index is 0.193. The number of alkyl halides is 3. The Hall–Kier alpha value is -3.36. The number of benzene rings is 2. The first-order valence-electron chi connectivity index (χ1n) is 8.18. The zero-order chi connectivity index (χ0) is 20.7. The second-order valence-electron chi connectivity index (χ2n) is 5.94. The summed E-state index contributed by atoms with van der Waals surface area (Å²) in [5.41, 5.74) is 7.74. The first kappa shape index (κ1) is 20.9. The van der Waals surface area contributed by atoms with Crippen LogP contribution in [-0.2, 0) is 11.2 Å². The van der Waals surface area contributed by atoms with Gasteiger partial charge >= 0.3 is 12.3 Å². The average Bonchev–Trinajstić information content (AvgIpc) is 2.62. The van der Waals surface area contributed by atoms with Crippen molar-refractivity contribution in [2.24, 2.45) is 21.6 Å². The molecule has 9 heteroatoms. The van der Waals surface area contributed by atoms with Crippen molar-refractivity contribution in [3.8, 4) is 5.75 Å². The Kier molecular flexibility index (Phi) is 6.75. The van der Waals surface area contributed by atoms with Crippen molar-refractivity contribution in [3.63, 3.8) is 0 Å². The number of carbonyl (C=O) groups is 1. The largest absolute Gasteiger partial charge is 0.573 e. The summed E-state index contributed by atoms with van der Waals surface area (Å²) in [6.07, 6.45) is -3.15. The summed E-state index contributed by atoms with van der Waals surface area (Å²) >= 11 is 0. The van der Waals surface area contributed by atoms with Crippen molar-refractivity contribution >= 4 is 23.8 Å².